The first kappa shape index (κ1) is 18.5. The molecule has 0 fully saturated rings. The predicted molar refractivity (Wildman–Crippen MR) is 95.5 cm³/mol. The van der Waals surface area contributed by atoms with Crippen molar-refractivity contribution in [3.05, 3.63) is 35.7 Å². The Labute approximate surface area is 142 Å². The van der Waals surface area contributed by atoms with Crippen molar-refractivity contribution >= 4 is 29.0 Å². The Balaban J connectivity index is 2.18. The van der Waals surface area contributed by atoms with E-state index in [9.17, 15) is 13.0 Å². The molecule has 0 spiro atoms. The Kier molecular flexibility index (Phi) is 5.40. The second-order valence-electron chi connectivity index (χ2n) is 5.42. The average molecular weight is 371 g/mol. The number of anilines is 2. The highest BCUT2D eigenvalue weighted by atomic mass is 32.2. The maximum absolute atomic E-state index is 12.4. The summed E-state index contributed by atoms with van der Waals surface area (Å²) in [4.78, 5) is 4.08. The molecule has 9 heteroatoms. The van der Waals surface area contributed by atoms with E-state index >= 15 is 0 Å². The molecule has 2 N–H and O–H groups in total. The summed E-state index contributed by atoms with van der Waals surface area (Å²) >= 11 is 0. The molecule has 0 aliphatic heterocycles. The second-order valence-corrected chi connectivity index (χ2v) is 10.4. The van der Waals surface area contributed by atoms with Gasteiger partial charge in [-0.15, -0.1) is 0 Å². The Morgan fingerprint density at radius 1 is 1.12 bits per heavy atom. The first-order valence-electron chi connectivity index (χ1n) is 7.62. The minimum Gasteiger partial charge on any atom is -0.428 e. The smallest absolute Gasteiger partial charge is 0.309 e. The van der Waals surface area contributed by atoms with E-state index in [1.165, 1.54) is 12.1 Å². The van der Waals surface area contributed by atoms with Crippen LogP contribution < -0.4 is 9.81 Å². The lowest BCUT2D eigenvalue weighted by Gasteiger charge is -2.17. The molecule has 1 aromatic heterocycles. The monoisotopic (exact) mass is 371 g/mol. The van der Waals surface area contributed by atoms with E-state index in [1.807, 2.05) is 13.8 Å². The number of nitrogens with one attached hydrogen (secondary N) is 2. The summed E-state index contributed by atoms with van der Waals surface area (Å²) in [6, 6.07) is 6.03. The zero-order valence-corrected chi connectivity index (χ0v) is 15.9. The van der Waals surface area contributed by atoms with Crippen molar-refractivity contribution in [2.75, 3.05) is 22.1 Å². The van der Waals surface area contributed by atoms with Gasteiger partial charge >= 0.3 is 6.01 Å². The molecule has 0 unspecified atom stereocenters. The number of benzene rings is 1. The van der Waals surface area contributed by atoms with Gasteiger partial charge in [0.05, 0.1) is 10.6 Å². The van der Waals surface area contributed by atoms with Gasteiger partial charge in [0.2, 0.25) is 0 Å². The molecule has 0 aliphatic rings. The molecule has 2 rings (SSSR count). The molecule has 1 aromatic carbocycles. The fourth-order valence-electron chi connectivity index (χ4n) is 2.02. The fourth-order valence-corrected chi connectivity index (χ4v) is 4.33. The van der Waals surface area contributed by atoms with Crippen LogP contribution in [0.5, 0.6) is 0 Å². The minimum atomic E-state index is -3.79. The van der Waals surface area contributed by atoms with Gasteiger partial charge in [-0.3, -0.25) is 0 Å². The normalized spacial score (nSPS) is 12.2. The van der Waals surface area contributed by atoms with Crippen LogP contribution in [-0.2, 0) is 14.6 Å². The summed E-state index contributed by atoms with van der Waals surface area (Å²) in [7, 11) is -6.25. The standard InChI is InChI=1S/C15H22N3O4PS/c1-5-23(19,6-2)17-13-7-9-14(10-8-13)24(20,21)18-15-16-11(3)12(4)22-15/h7-10H,5-6H2,1-4H3,(H,16,18)(H,17,19). The number of nitrogens with zero attached hydrogens (tertiary/aromatic N) is 1. The van der Waals surface area contributed by atoms with Crippen LogP contribution in [0.3, 0.4) is 0 Å². The van der Waals surface area contributed by atoms with Crippen LogP contribution in [0.25, 0.3) is 0 Å². The van der Waals surface area contributed by atoms with Crippen molar-refractivity contribution in [3.8, 4) is 0 Å². The van der Waals surface area contributed by atoms with Crippen molar-refractivity contribution in [1.29, 1.82) is 0 Å². The van der Waals surface area contributed by atoms with Crippen LogP contribution in [-0.4, -0.2) is 25.7 Å². The van der Waals surface area contributed by atoms with E-state index < -0.39 is 17.3 Å². The van der Waals surface area contributed by atoms with E-state index in [1.54, 1.807) is 26.0 Å². The third-order valence-electron chi connectivity index (χ3n) is 3.77. The number of aryl methyl sites for hydroxylation is 2. The van der Waals surface area contributed by atoms with Crippen LogP contribution in [0.4, 0.5) is 11.7 Å². The summed E-state index contributed by atoms with van der Waals surface area (Å²) in [6.45, 7) is 7.16. The number of aromatic nitrogens is 1. The lowest BCUT2D eigenvalue weighted by atomic mass is 10.3. The van der Waals surface area contributed by atoms with Crippen LogP contribution in [0.2, 0.25) is 0 Å². The van der Waals surface area contributed by atoms with Gasteiger partial charge in [0, 0.05) is 18.0 Å². The van der Waals surface area contributed by atoms with Crippen LogP contribution >= 0.6 is 7.29 Å². The van der Waals surface area contributed by atoms with Crippen LogP contribution in [0, 0.1) is 13.8 Å². The molecule has 7 nitrogen and oxygen atoms in total. The van der Waals surface area contributed by atoms with Gasteiger partial charge in [0.15, 0.2) is 7.29 Å². The summed E-state index contributed by atoms with van der Waals surface area (Å²) in [5, 5.41) is 3.00. The van der Waals surface area contributed by atoms with Gasteiger partial charge in [0.1, 0.15) is 5.76 Å². The van der Waals surface area contributed by atoms with Gasteiger partial charge in [-0.1, -0.05) is 13.8 Å². The molecule has 0 amide bonds. The largest absolute Gasteiger partial charge is 0.428 e. The van der Waals surface area contributed by atoms with Crippen LogP contribution in [0.15, 0.2) is 33.6 Å². The summed E-state index contributed by atoms with van der Waals surface area (Å²) in [5.41, 5.74) is 1.26. The third-order valence-corrected chi connectivity index (χ3v) is 7.81. The highest BCUT2D eigenvalue weighted by Gasteiger charge is 2.19. The molecule has 0 saturated heterocycles. The van der Waals surface area contributed by atoms with Crippen LogP contribution in [0.1, 0.15) is 25.3 Å². The summed E-state index contributed by atoms with van der Waals surface area (Å²) in [5.74, 6) is 0.558. The Morgan fingerprint density at radius 2 is 1.71 bits per heavy atom. The average Bonchev–Trinajstić information content (AvgIpc) is 2.84. The van der Waals surface area contributed by atoms with E-state index in [4.69, 9.17) is 4.42 Å². The van der Waals surface area contributed by atoms with E-state index in [0.717, 1.165) is 0 Å². The molecule has 2 aromatic rings. The van der Waals surface area contributed by atoms with Gasteiger partial charge in [-0.25, -0.2) is 13.1 Å². The van der Waals surface area contributed by atoms with Gasteiger partial charge in [-0.05, 0) is 38.1 Å². The molecule has 0 aliphatic carbocycles. The molecule has 132 valence electrons. The molecular weight excluding hydrogens is 349 g/mol. The molecule has 0 bridgehead atoms. The number of hydrogen-bond acceptors (Lipinski definition) is 5. The number of rotatable bonds is 7. The lowest BCUT2D eigenvalue weighted by molar-refractivity contribution is 0.541. The number of oxazole rings is 1. The maximum atomic E-state index is 12.4. The first-order chi connectivity index (χ1) is 11.2. The SMILES string of the molecule is CCP(=O)(CC)Nc1ccc(S(=O)(=O)Nc2nc(C)c(C)o2)cc1. The van der Waals surface area contributed by atoms with Crippen molar-refractivity contribution in [2.24, 2.45) is 0 Å². The van der Waals surface area contributed by atoms with Crippen molar-refractivity contribution < 1.29 is 17.4 Å². The van der Waals surface area contributed by atoms with Crippen molar-refractivity contribution in [1.82, 2.24) is 4.98 Å². The predicted octanol–water partition coefficient (Wildman–Crippen LogP) is 3.82. The zero-order valence-electron chi connectivity index (χ0n) is 14.2. The minimum absolute atomic E-state index is 0.0614. The van der Waals surface area contributed by atoms with E-state index in [-0.39, 0.29) is 10.9 Å². The summed E-state index contributed by atoms with van der Waals surface area (Å²) < 4.78 is 44.6. The Bertz CT molecular complexity index is 832. The Hall–Kier alpha value is -1.79. The molecular formula is C15H22N3O4PS. The third kappa shape index (κ3) is 4.19. The highest BCUT2D eigenvalue weighted by Crippen LogP contribution is 2.44. The van der Waals surface area contributed by atoms with Gasteiger partial charge in [-0.2, -0.15) is 4.98 Å². The molecule has 0 saturated carbocycles. The molecule has 1 heterocycles. The quantitative estimate of drug-likeness (QED) is 0.718. The topological polar surface area (TPSA) is 101 Å². The summed E-state index contributed by atoms with van der Waals surface area (Å²) in [6.07, 6.45) is 1.07. The molecule has 0 radical (unpaired) electrons. The fraction of sp³-hybridized carbons (Fsp3) is 0.400. The number of hydrogen-bond donors (Lipinski definition) is 2. The lowest BCUT2D eigenvalue weighted by Crippen LogP contribution is -2.13. The van der Waals surface area contributed by atoms with Crippen molar-refractivity contribution in [3.63, 3.8) is 0 Å². The van der Waals surface area contributed by atoms with Gasteiger partial charge < -0.3 is 14.1 Å². The number of sulfonamides is 1. The second kappa shape index (κ2) is 6.99. The zero-order chi connectivity index (χ0) is 18.0. The first-order valence-corrected chi connectivity index (χ1v) is 11.2. The highest BCUT2D eigenvalue weighted by molar-refractivity contribution is 7.92. The maximum Gasteiger partial charge on any atom is 0.309 e. The molecule has 24 heavy (non-hydrogen) atoms. The van der Waals surface area contributed by atoms with E-state index in [0.29, 0.717) is 29.5 Å². The molecule has 0 atom stereocenters. The Morgan fingerprint density at radius 3 is 2.17 bits per heavy atom. The van der Waals surface area contributed by atoms with E-state index in [2.05, 4.69) is 14.8 Å². The van der Waals surface area contributed by atoms with Crippen molar-refractivity contribution in [2.45, 2.75) is 32.6 Å². The van der Waals surface area contributed by atoms with Gasteiger partial charge in [0.25, 0.3) is 10.0 Å².